The second-order valence-corrected chi connectivity index (χ2v) is 7.52. The minimum Gasteiger partial charge on any atom is -0.493 e. The molecule has 2 atom stereocenters. The van der Waals surface area contributed by atoms with E-state index in [2.05, 4.69) is 63.9 Å². The van der Waals surface area contributed by atoms with Crippen molar-refractivity contribution in [3.05, 3.63) is 50.6 Å². The van der Waals surface area contributed by atoms with Crippen LogP contribution < -0.4 is 10.1 Å². The molecule has 2 heterocycles. The normalized spacial score (nSPS) is 19.4. The Balaban J connectivity index is 1.73. The van der Waals surface area contributed by atoms with Crippen molar-refractivity contribution in [3.63, 3.8) is 0 Å². The minimum absolute atomic E-state index is 0.380. The molecule has 2 unspecified atom stereocenters. The van der Waals surface area contributed by atoms with Gasteiger partial charge in [0.1, 0.15) is 5.75 Å². The molecule has 0 fully saturated rings. The van der Waals surface area contributed by atoms with Crippen molar-refractivity contribution in [1.29, 1.82) is 0 Å². The zero-order chi connectivity index (χ0) is 14.7. The number of hydrogen-bond donors (Lipinski definition) is 1. The minimum atomic E-state index is 0.380. The van der Waals surface area contributed by atoms with Crippen LogP contribution in [-0.4, -0.2) is 12.6 Å². The van der Waals surface area contributed by atoms with Crippen molar-refractivity contribution in [3.8, 4) is 5.75 Å². The molecule has 0 saturated heterocycles. The Morgan fingerprint density at radius 2 is 2.33 bits per heavy atom. The van der Waals surface area contributed by atoms with Gasteiger partial charge in [-0.25, -0.2) is 0 Å². The Bertz CT molecular complexity index is 584. The lowest BCUT2D eigenvalue weighted by molar-refractivity contribution is 0.314. The summed E-state index contributed by atoms with van der Waals surface area (Å²) >= 11 is 5.36. The maximum Gasteiger partial charge on any atom is 0.125 e. The van der Waals surface area contributed by atoms with Gasteiger partial charge in [0.2, 0.25) is 0 Å². The molecule has 2 nitrogen and oxygen atoms in total. The summed E-state index contributed by atoms with van der Waals surface area (Å²) in [5.41, 5.74) is 1.29. The van der Waals surface area contributed by atoms with E-state index in [0.29, 0.717) is 12.1 Å². The summed E-state index contributed by atoms with van der Waals surface area (Å²) in [5.74, 6) is 1.02. The van der Waals surface area contributed by atoms with Crippen LogP contribution in [0.15, 0.2) is 40.2 Å². The topological polar surface area (TPSA) is 21.3 Å². The van der Waals surface area contributed by atoms with Crippen molar-refractivity contribution in [2.45, 2.75) is 38.3 Å². The zero-order valence-electron chi connectivity index (χ0n) is 12.1. The highest BCUT2D eigenvalue weighted by Crippen LogP contribution is 2.34. The summed E-state index contributed by atoms with van der Waals surface area (Å²) in [6, 6.07) is 11.5. The maximum atomic E-state index is 5.88. The molecule has 1 aliphatic rings. The first-order valence-corrected chi connectivity index (χ1v) is 9.10. The number of benzene rings is 1. The lowest BCUT2D eigenvalue weighted by atomic mass is 10.0. The number of fused-ring (bicyclic) bond motifs is 1. The van der Waals surface area contributed by atoms with Crippen LogP contribution >= 0.6 is 27.3 Å². The van der Waals surface area contributed by atoms with Gasteiger partial charge in [-0.2, -0.15) is 0 Å². The van der Waals surface area contributed by atoms with Crippen molar-refractivity contribution in [1.82, 2.24) is 5.32 Å². The van der Waals surface area contributed by atoms with E-state index in [1.165, 1.54) is 10.4 Å². The number of nitrogens with one attached hydrogen (secondary N) is 1. The van der Waals surface area contributed by atoms with Crippen LogP contribution in [0, 0.1) is 0 Å². The molecule has 0 bridgehead atoms. The van der Waals surface area contributed by atoms with Crippen LogP contribution in [0.1, 0.15) is 36.2 Å². The van der Waals surface area contributed by atoms with Crippen LogP contribution in [0.5, 0.6) is 5.75 Å². The third kappa shape index (κ3) is 3.87. The molecule has 1 N–H and O–H groups in total. The van der Waals surface area contributed by atoms with Crippen LogP contribution in [0.3, 0.4) is 0 Å². The first-order chi connectivity index (χ1) is 10.2. The molecule has 0 aliphatic carbocycles. The Labute approximate surface area is 138 Å². The number of hydrogen-bond acceptors (Lipinski definition) is 3. The average molecular weight is 366 g/mol. The lowest BCUT2D eigenvalue weighted by Gasteiger charge is -2.23. The summed E-state index contributed by atoms with van der Waals surface area (Å²) in [4.78, 5) is 1.44. The van der Waals surface area contributed by atoms with Crippen molar-refractivity contribution in [2.24, 2.45) is 0 Å². The molecule has 0 radical (unpaired) electrons. The predicted molar refractivity (Wildman–Crippen MR) is 92.2 cm³/mol. The summed E-state index contributed by atoms with van der Waals surface area (Å²) in [5, 5.41) is 5.93. The van der Waals surface area contributed by atoms with Gasteiger partial charge in [0.25, 0.3) is 0 Å². The summed E-state index contributed by atoms with van der Waals surface area (Å²) < 4.78 is 6.96. The molecule has 4 heteroatoms. The van der Waals surface area contributed by atoms with E-state index in [1.54, 1.807) is 0 Å². The van der Waals surface area contributed by atoms with E-state index in [0.717, 1.165) is 36.1 Å². The quantitative estimate of drug-likeness (QED) is 0.827. The molecule has 21 heavy (non-hydrogen) atoms. The van der Waals surface area contributed by atoms with Crippen molar-refractivity contribution < 1.29 is 4.74 Å². The highest BCUT2D eigenvalue weighted by Gasteiger charge is 2.21. The summed E-state index contributed by atoms with van der Waals surface area (Å²) in [6.07, 6.45) is 3.31. The van der Waals surface area contributed by atoms with Crippen LogP contribution in [0.2, 0.25) is 0 Å². The molecule has 3 rings (SSSR count). The molecule has 2 aromatic rings. The van der Waals surface area contributed by atoms with Gasteiger partial charge in [0, 0.05) is 27.0 Å². The fraction of sp³-hybridized carbons (Fsp3) is 0.412. The highest BCUT2D eigenvalue weighted by atomic mass is 79.9. The van der Waals surface area contributed by atoms with Crippen LogP contribution in [-0.2, 0) is 6.42 Å². The van der Waals surface area contributed by atoms with E-state index in [4.69, 9.17) is 4.74 Å². The second kappa shape index (κ2) is 6.95. The standard InChI is InChI=1S/C17H20BrNOS/c1-12(10-14-4-3-9-21-14)19-16-5-2-8-20-17-11-13(18)6-7-15(16)17/h3-4,6-7,9,11-12,16,19H,2,5,8,10H2,1H3. The fourth-order valence-electron chi connectivity index (χ4n) is 2.85. The van der Waals surface area contributed by atoms with Crippen LogP contribution in [0.4, 0.5) is 0 Å². The van der Waals surface area contributed by atoms with E-state index in [9.17, 15) is 0 Å². The van der Waals surface area contributed by atoms with Gasteiger partial charge in [-0.15, -0.1) is 11.3 Å². The Morgan fingerprint density at radius 1 is 1.43 bits per heavy atom. The smallest absolute Gasteiger partial charge is 0.125 e. The maximum absolute atomic E-state index is 5.88. The third-order valence-electron chi connectivity index (χ3n) is 3.82. The molecule has 0 spiro atoms. The molecule has 0 saturated carbocycles. The molecular weight excluding hydrogens is 346 g/mol. The molecular formula is C17H20BrNOS. The summed E-state index contributed by atoms with van der Waals surface area (Å²) in [6.45, 7) is 3.07. The van der Waals surface area contributed by atoms with Gasteiger partial charge in [0.15, 0.2) is 0 Å². The number of halogens is 1. The van der Waals surface area contributed by atoms with Gasteiger partial charge in [0.05, 0.1) is 6.61 Å². The van der Waals surface area contributed by atoms with E-state index in [-0.39, 0.29) is 0 Å². The predicted octanol–water partition coefficient (Wildman–Crippen LogP) is 4.95. The number of rotatable bonds is 4. The van der Waals surface area contributed by atoms with E-state index < -0.39 is 0 Å². The van der Waals surface area contributed by atoms with Crippen LogP contribution in [0.25, 0.3) is 0 Å². The largest absolute Gasteiger partial charge is 0.493 e. The first-order valence-electron chi connectivity index (χ1n) is 7.43. The van der Waals surface area contributed by atoms with Gasteiger partial charge in [-0.3, -0.25) is 0 Å². The Morgan fingerprint density at radius 3 is 3.14 bits per heavy atom. The van der Waals surface area contributed by atoms with Crippen molar-refractivity contribution in [2.75, 3.05) is 6.61 Å². The van der Waals surface area contributed by atoms with Gasteiger partial charge >= 0.3 is 0 Å². The number of ether oxygens (including phenoxy) is 1. The first kappa shape index (κ1) is 15.1. The number of thiophene rings is 1. The lowest BCUT2D eigenvalue weighted by Crippen LogP contribution is -2.31. The molecule has 112 valence electrons. The van der Waals surface area contributed by atoms with Gasteiger partial charge in [-0.05, 0) is 49.8 Å². The zero-order valence-corrected chi connectivity index (χ0v) is 14.5. The molecule has 1 aliphatic heterocycles. The Hall–Kier alpha value is -0.840. The highest BCUT2D eigenvalue weighted by molar-refractivity contribution is 9.10. The van der Waals surface area contributed by atoms with Gasteiger partial charge in [-0.1, -0.05) is 28.1 Å². The van der Waals surface area contributed by atoms with Crippen molar-refractivity contribution >= 4 is 27.3 Å². The molecule has 0 amide bonds. The summed E-state index contributed by atoms with van der Waals surface area (Å²) in [7, 11) is 0. The van der Waals surface area contributed by atoms with Gasteiger partial charge < -0.3 is 10.1 Å². The SMILES string of the molecule is CC(Cc1cccs1)NC1CCCOc2cc(Br)ccc21. The third-order valence-corrected chi connectivity index (χ3v) is 5.21. The molecule has 1 aromatic carbocycles. The Kier molecular flexibility index (Phi) is 4.99. The fourth-order valence-corrected chi connectivity index (χ4v) is 4.03. The molecule has 1 aromatic heterocycles. The second-order valence-electron chi connectivity index (χ2n) is 5.58. The monoisotopic (exact) mass is 365 g/mol. The average Bonchev–Trinajstić information content (AvgIpc) is 2.87. The van der Waals surface area contributed by atoms with E-state index >= 15 is 0 Å². The van der Waals surface area contributed by atoms with E-state index in [1.807, 2.05) is 11.3 Å².